The molecule has 1 fully saturated rings. The highest BCUT2D eigenvalue weighted by molar-refractivity contribution is 7.92. The molecule has 4 aromatic rings. The summed E-state index contributed by atoms with van der Waals surface area (Å²) >= 11 is 0. The van der Waals surface area contributed by atoms with Gasteiger partial charge in [-0.3, -0.25) is 13.9 Å². The van der Waals surface area contributed by atoms with Crippen LogP contribution in [0, 0.1) is 19.7 Å². The smallest absolute Gasteiger partial charge is 0.264 e. The van der Waals surface area contributed by atoms with Gasteiger partial charge in [-0.25, -0.2) is 12.8 Å². The number of hydrogen-bond donors (Lipinski definition) is 1. The molecule has 0 heterocycles. The van der Waals surface area contributed by atoms with Crippen molar-refractivity contribution in [1.82, 2.24) is 10.2 Å². The lowest BCUT2D eigenvalue weighted by Crippen LogP contribution is -2.55. The molecule has 1 atom stereocenters. The van der Waals surface area contributed by atoms with Crippen molar-refractivity contribution < 1.29 is 22.4 Å². The van der Waals surface area contributed by atoms with Crippen LogP contribution in [0.3, 0.4) is 0 Å². The Hall–Kier alpha value is -4.50. The van der Waals surface area contributed by atoms with Gasteiger partial charge in [0.15, 0.2) is 0 Å². The van der Waals surface area contributed by atoms with Crippen LogP contribution in [0.4, 0.5) is 10.1 Å². The Morgan fingerprint density at radius 3 is 2.15 bits per heavy atom. The first-order chi connectivity index (χ1) is 22.6. The van der Waals surface area contributed by atoms with E-state index in [0.717, 1.165) is 47.5 Å². The predicted octanol–water partition coefficient (Wildman–Crippen LogP) is 6.73. The fraction of sp³-hybridized carbons (Fsp3) is 0.316. The second-order valence-corrected chi connectivity index (χ2v) is 14.1. The molecule has 9 heteroatoms. The SMILES string of the molecule is Cc1ccc(S(=O)(=O)N(CC(=O)N(Cc2ccccc2F)C(Cc2ccccc2)C(=O)NC2CCCCC2)c2ccccc2C)cc1. The molecule has 7 nitrogen and oxygen atoms in total. The minimum absolute atomic E-state index is 0.0229. The van der Waals surface area contributed by atoms with E-state index in [4.69, 9.17) is 0 Å². The molecule has 0 radical (unpaired) electrons. The van der Waals surface area contributed by atoms with Gasteiger partial charge in [0.25, 0.3) is 10.0 Å². The van der Waals surface area contributed by atoms with E-state index in [0.29, 0.717) is 11.3 Å². The number of aryl methyl sites for hydroxylation is 2. The number of nitrogens with one attached hydrogen (secondary N) is 1. The highest BCUT2D eigenvalue weighted by Crippen LogP contribution is 2.28. The molecule has 1 N–H and O–H groups in total. The van der Waals surface area contributed by atoms with Crippen molar-refractivity contribution in [3.05, 3.63) is 131 Å². The van der Waals surface area contributed by atoms with Gasteiger partial charge in [-0.05, 0) is 62.1 Å². The number of para-hydroxylation sites is 1. The zero-order valence-electron chi connectivity index (χ0n) is 26.9. The largest absolute Gasteiger partial charge is 0.352 e. The molecule has 0 bridgehead atoms. The Morgan fingerprint density at radius 1 is 0.830 bits per heavy atom. The minimum Gasteiger partial charge on any atom is -0.352 e. The number of rotatable bonds is 12. The number of benzene rings is 4. The maximum atomic E-state index is 15.2. The van der Waals surface area contributed by atoms with Crippen molar-refractivity contribution in [2.45, 2.75) is 75.9 Å². The second-order valence-electron chi connectivity index (χ2n) is 12.3. The number of carbonyl (C=O) groups excluding carboxylic acids is 2. The molecule has 1 aliphatic rings. The molecule has 0 spiro atoms. The Labute approximate surface area is 277 Å². The molecule has 47 heavy (non-hydrogen) atoms. The van der Waals surface area contributed by atoms with Crippen LogP contribution in [0.1, 0.15) is 54.4 Å². The van der Waals surface area contributed by atoms with Crippen LogP contribution < -0.4 is 9.62 Å². The van der Waals surface area contributed by atoms with E-state index in [2.05, 4.69) is 5.32 Å². The maximum absolute atomic E-state index is 15.2. The van der Waals surface area contributed by atoms with E-state index in [1.165, 1.54) is 23.1 Å². The molecule has 5 rings (SSSR count). The van der Waals surface area contributed by atoms with Crippen molar-refractivity contribution in [3.8, 4) is 0 Å². The molecule has 1 saturated carbocycles. The van der Waals surface area contributed by atoms with Gasteiger partial charge in [0.1, 0.15) is 18.4 Å². The summed E-state index contributed by atoms with van der Waals surface area (Å²) in [6.07, 6.45) is 5.00. The van der Waals surface area contributed by atoms with Gasteiger partial charge in [0, 0.05) is 24.6 Å². The monoisotopic (exact) mass is 655 g/mol. The van der Waals surface area contributed by atoms with Crippen LogP contribution in [-0.2, 0) is 32.6 Å². The average Bonchev–Trinajstić information content (AvgIpc) is 3.07. The van der Waals surface area contributed by atoms with Gasteiger partial charge in [0.05, 0.1) is 10.6 Å². The molecule has 1 unspecified atom stereocenters. The lowest BCUT2D eigenvalue weighted by Gasteiger charge is -2.35. The van der Waals surface area contributed by atoms with Crippen LogP contribution in [0.5, 0.6) is 0 Å². The van der Waals surface area contributed by atoms with E-state index in [1.807, 2.05) is 37.3 Å². The molecule has 0 aromatic heterocycles. The second kappa shape index (κ2) is 15.4. The third-order valence-corrected chi connectivity index (χ3v) is 10.6. The quantitative estimate of drug-likeness (QED) is 0.184. The van der Waals surface area contributed by atoms with Gasteiger partial charge in [0.2, 0.25) is 11.8 Å². The summed E-state index contributed by atoms with van der Waals surface area (Å²) in [5.41, 5.74) is 2.95. The van der Waals surface area contributed by atoms with Gasteiger partial charge in [-0.2, -0.15) is 0 Å². The zero-order chi connectivity index (χ0) is 33.4. The number of carbonyl (C=O) groups is 2. The summed E-state index contributed by atoms with van der Waals surface area (Å²) in [6.45, 7) is 2.85. The molecule has 0 saturated heterocycles. The first-order valence-electron chi connectivity index (χ1n) is 16.2. The molecule has 2 amide bonds. The molecule has 246 valence electrons. The fourth-order valence-corrected chi connectivity index (χ4v) is 7.58. The van der Waals surface area contributed by atoms with E-state index < -0.39 is 34.3 Å². The van der Waals surface area contributed by atoms with Gasteiger partial charge >= 0.3 is 0 Å². The van der Waals surface area contributed by atoms with Crippen molar-refractivity contribution >= 4 is 27.5 Å². The molecule has 0 aliphatic heterocycles. The van der Waals surface area contributed by atoms with Gasteiger partial charge < -0.3 is 10.2 Å². The van der Waals surface area contributed by atoms with Crippen molar-refractivity contribution in [2.24, 2.45) is 0 Å². The van der Waals surface area contributed by atoms with E-state index >= 15 is 4.39 Å². The number of amides is 2. The van der Waals surface area contributed by atoms with E-state index in [9.17, 15) is 18.0 Å². The summed E-state index contributed by atoms with van der Waals surface area (Å²) in [6, 6.07) is 27.9. The number of anilines is 1. The topological polar surface area (TPSA) is 86.8 Å². The van der Waals surface area contributed by atoms with Crippen LogP contribution >= 0.6 is 0 Å². The highest BCUT2D eigenvalue weighted by Gasteiger charge is 2.36. The summed E-state index contributed by atoms with van der Waals surface area (Å²) in [4.78, 5) is 30.2. The fourth-order valence-electron chi connectivity index (χ4n) is 6.10. The normalized spacial score (nSPS) is 14.3. The maximum Gasteiger partial charge on any atom is 0.264 e. The number of hydrogen-bond acceptors (Lipinski definition) is 4. The Morgan fingerprint density at radius 2 is 1.47 bits per heavy atom. The van der Waals surface area contributed by atoms with Crippen molar-refractivity contribution in [1.29, 1.82) is 0 Å². The van der Waals surface area contributed by atoms with Crippen LogP contribution in [0.2, 0.25) is 0 Å². The van der Waals surface area contributed by atoms with Gasteiger partial charge in [-0.15, -0.1) is 0 Å². The molecule has 1 aliphatic carbocycles. The van der Waals surface area contributed by atoms with Crippen LogP contribution in [-0.4, -0.2) is 43.8 Å². The van der Waals surface area contributed by atoms with Crippen LogP contribution in [0.15, 0.2) is 108 Å². The Kier molecular flexibility index (Phi) is 11.1. The Balaban J connectivity index is 1.58. The minimum atomic E-state index is -4.22. The van der Waals surface area contributed by atoms with Gasteiger partial charge in [-0.1, -0.05) is 104 Å². The number of sulfonamides is 1. The van der Waals surface area contributed by atoms with E-state index in [1.54, 1.807) is 61.5 Å². The number of nitrogens with zero attached hydrogens (tertiary/aromatic N) is 2. The Bertz CT molecular complexity index is 1770. The molecular formula is C38H42FN3O4S. The summed E-state index contributed by atoms with van der Waals surface area (Å²) in [5.74, 6) is -1.47. The summed E-state index contributed by atoms with van der Waals surface area (Å²) in [5, 5.41) is 3.17. The van der Waals surface area contributed by atoms with Crippen LogP contribution in [0.25, 0.3) is 0 Å². The van der Waals surface area contributed by atoms with Crippen molar-refractivity contribution in [3.63, 3.8) is 0 Å². The first kappa shape index (κ1) is 33.9. The molecular weight excluding hydrogens is 614 g/mol. The highest BCUT2D eigenvalue weighted by atomic mass is 32.2. The first-order valence-corrected chi connectivity index (χ1v) is 17.6. The zero-order valence-corrected chi connectivity index (χ0v) is 27.8. The van der Waals surface area contributed by atoms with Crippen molar-refractivity contribution in [2.75, 3.05) is 10.8 Å². The molecule has 4 aromatic carbocycles. The lowest BCUT2D eigenvalue weighted by atomic mass is 9.94. The summed E-state index contributed by atoms with van der Waals surface area (Å²) in [7, 11) is -4.22. The number of halogens is 1. The third-order valence-electron chi connectivity index (χ3n) is 8.79. The predicted molar refractivity (Wildman–Crippen MR) is 183 cm³/mol. The average molecular weight is 656 g/mol. The van der Waals surface area contributed by atoms with E-state index in [-0.39, 0.29) is 35.4 Å². The third kappa shape index (κ3) is 8.46. The standard InChI is InChI=1S/C38H42FN3O4S/c1-28-21-23-33(24-22-28)47(45,46)42(35-20-12-9-13-29(35)2)27-37(43)41(26-31-16-10-11-19-34(31)39)36(25-30-14-5-3-6-15-30)38(44)40-32-17-7-4-8-18-32/h3,5-6,9-16,19-24,32,36H,4,7-8,17-18,25-27H2,1-2H3,(H,40,44). The summed E-state index contributed by atoms with van der Waals surface area (Å²) < 4.78 is 44.7. The lowest BCUT2D eigenvalue weighted by molar-refractivity contribution is -0.140.